The number of nitrogens with zero attached hydrogens (tertiary/aromatic N) is 2. The van der Waals surface area contributed by atoms with Crippen LogP contribution in [0.3, 0.4) is 0 Å². The van der Waals surface area contributed by atoms with E-state index in [9.17, 15) is 9.59 Å². The number of aliphatic carboxylic acids is 1. The van der Waals surface area contributed by atoms with Crippen molar-refractivity contribution in [1.82, 2.24) is 9.80 Å². The molecule has 0 bridgehead atoms. The molecular formula is C15H26N2O3. The Balaban J connectivity index is 2.02. The SMILES string of the molecule is CC1CCCCC1N(C)C(=O)N1CCC(C(=O)O)C1C. The van der Waals surface area contributed by atoms with Gasteiger partial charge in [0, 0.05) is 25.7 Å². The third kappa shape index (κ3) is 2.76. The first kappa shape index (κ1) is 15.1. The first-order valence-electron chi connectivity index (χ1n) is 7.69. The van der Waals surface area contributed by atoms with Gasteiger partial charge >= 0.3 is 12.0 Å². The normalized spacial score (nSPS) is 34.0. The van der Waals surface area contributed by atoms with Crippen molar-refractivity contribution in [2.75, 3.05) is 13.6 Å². The zero-order valence-corrected chi connectivity index (χ0v) is 12.7. The molecule has 4 atom stereocenters. The van der Waals surface area contributed by atoms with Crippen molar-refractivity contribution >= 4 is 12.0 Å². The third-order valence-corrected chi connectivity index (χ3v) is 5.18. The molecule has 0 aromatic heterocycles. The van der Waals surface area contributed by atoms with Crippen LogP contribution in [0.25, 0.3) is 0 Å². The van der Waals surface area contributed by atoms with Crippen LogP contribution in [0.1, 0.15) is 46.0 Å². The van der Waals surface area contributed by atoms with Gasteiger partial charge in [0.25, 0.3) is 0 Å². The zero-order valence-electron chi connectivity index (χ0n) is 12.7. The molecule has 0 radical (unpaired) electrons. The largest absolute Gasteiger partial charge is 0.481 e. The number of amides is 2. The van der Waals surface area contributed by atoms with E-state index in [1.807, 2.05) is 18.9 Å². The average Bonchev–Trinajstić information content (AvgIpc) is 2.79. The highest BCUT2D eigenvalue weighted by atomic mass is 16.4. The number of likely N-dealkylation sites (tertiary alicyclic amines) is 1. The van der Waals surface area contributed by atoms with Crippen LogP contribution in [0.5, 0.6) is 0 Å². The van der Waals surface area contributed by atoms with Gasteiger partial charge in [-0.05, 0) is 32.1 Å². The van der Waals surface area contributed by atoms with Gasteiger partial charge in [-0.15, -0.1) is 0 Å². The average molecular weight is 282 g/mol. The maximum Gasteiger partial charge on any atom is 0.320 e. The molecule has 1 aliphatic heterocycles. The fourth-order valence-corrected chi connectivity index (χ4v) is 3.76. The van der Waals surface area contributed by atoms with Crippen molar-refractivity contribution in [3.8, 4) is 0 Å². The first-order valence-corrected chi connectivity index (χ1v) is 7.69. The van der Waals surface area contributed by atoms with E-state index in [0.29, 0.717) is 24.9 Å². The summed E-state index contributed by atoms with van der Waals surface area (Å²) in [4.78, 5) is 27.4. The van der Waals surface area contributed by atoms with Crippen molar-refractivity contribution in [3.05, 3.63) is 0 Å². The van der Waals surface area contributed by atoms with Crippen molar-refractivity contribution in [3.63, 3.8) is 0 Å². The lowest BCUT2D eigenvalue weighted by molar-refractivity contribution is -0.142. The van der Waals surface area contributed by atoms with Crippen LogP contribution >= 0.6 is 0 Å². The number of carbonyl (C=O) groups is 2. The molecule has 5 nitrogen and oxygen atoms in total. The van der Waals surface area contributed by atoms with E-state index < -0.39 is 11.9 Å². The first-order chi connectivity index (χ1) is 9.43. The summed E-state index contributed by atoms with van der Waals surface area (Å²) >= 11 is 0. The minimum Gasteiger partial charge on any atom is -0.481 e. The highest BCUT2D eigenvalue weighted by Crippen LogP contribution is 2.30. The molecule has 2 aliphatic rings. The van der Waals surface area contributed by atoms with Gasteiger partial charge in [-0.2, -0.15) is 0 Å². The van der Waals surface area contributed by atoms with Crippen LogP contribution in [0.2, 0.25) is 0 Å². The summed E-state index contributed by atoms with van der Waals surface area (Å²) in [6.07, 6.45) is 5.24. The molecule has 2 fully saturated rings. The van der Waals surface area contributed by atoms with Crippen molar-refractivity contribution < 1.29 is 14.7 Å². The molecule has 2 rings (SSSR count). The predicted octanol–water partition coefficient (Wildman–Crippen LogP) is 2.41. The minimum absolute atomic E-state index is 0.000000000000000222. The van der Waals surface area contributed by atoms with Gasteiger partial charge in [-0.3, -0.25) is 4.79 Å². The van der Waals surface area contributed by atoms with E-state index in [4.69, 9.17) is 5.11 Å². The molecule has 2 amide bonds. The van der Waals surface area contributed by atoms with Gasteiger partial charge in [0.15, 0.2) is 0 Å². The number of carboxylic acid groups (broad SMARTS) is 1. The fourth-order valence-electron chi connectivity index (χ4n) is 3.76. The molecule has 4 unspecified atom stereocenters. The molecule has 1 aliphatic carbocycles. The van der Waals surface area contributed by atoms with E-state index in [1.165, 1.54) is 19.3 Å². The van der Waals surface area contributed by atoms with Crippen LogP contribution < -0.4 is 0 Å². The number of carboxylic acids is 1. The number of carbonyl (C=O) groups excluding carboxylic acids is 1. The van der Waals surface area contributed by atoms with Gasteiger partial charge in [-0.25, -0.2) is 4.79 Å². The smallest absolute Gasteiger partial charge is 0.320 e. The van der Waals surface area contributed by atoms with Crippen molar-refractivity contribution in [1.29, 1.82) is 0 Å². The van der Waals surface area contributed by atoms with Crippen LogP contribution in [-0.2, 0) is 4.79 Å². The Morgan fingerprint density at radius 1 is 1.15 bits per heavy atom. The van der Waals surface area contributed by atoms with E-state index in [-0.39, 0.29) is 12.1 Å². The Kier molecular flexibility index (Phi) is 4.55. The molecule has 0 spiro atoms. The van der Waals surface area contributed by atoms with Gasteiger partial charge < -0.3 is 14.9 Å². The Labute approximate surface area is 120 Å². The molecule has 1 N–H and O–H groups in total. The predicted molar refractivity (Wildman–Crippen MR) is 76.5 cm³/mol. The highest BCUT2D eigenvalue weighted by molar-refractivity contribution is 5.78. The third-order valence-electron chi connectivity index (χ3n) is 5.18. The number of hydrogen-bond donors (Lipinski definition) is 1. The van der Waals surface area contributed by atoms with Crippen molar-refractivity contribution in [2.45, 2.75) is 58.0 Å². The van der Waals surface area contributed by atoms with E-state index >= 15 is 0 Å². The summed E-state index contributed by atoms with van der Waals surface area (Å²) in [5.41, 5.74) is 0. The summed E-state index contributed by atoms with van der Waals surface area (Å²) in [6, 6.07) is 0.0914. The Bertz CT molecular complexity index is 385. The Hall–Kier alpha value is -1.26. The monoisotopic (exact) mass is 282 g/mol. The van der Waals surface area contributed by atoms with Crippen LogP contribution in [0, 0.1) is 11.8 Å². The fraction of sp³-hybridized carbons (Fsp3) is 0.867. The number of urea groups is 1. The van der Waals surface area contributed by atoms with Crippen LogP contribution in [0.15, 0.2) is 0 Å². The molecule has 0 aromatic rings. The lowest BCUT2D eigenvalue weighted by Crippen LogP contribution is -2.50. The molecule has 0 aromatic carbocycles. The Morgan fingerprint density at radius 3 is 2.35 bits per heavy atom. The zero-order chi connectivity index (χ0) is 14.9. The van der Waals surface area contributed by atoms with Crippen LogP contribution in [0.4, 0.5) is 4.79 Å². The second-order valence-electron chi connectivity index (χ2n) is 6.39. The lowest BCUT2D eigenvalue weighted by atomic mass is 9.85. The molecule has 1 heterocycles. The summed E-state index contributed by atoms with van der Waals surface area (Å²) in [7, 11) is 1.87. The standard InChI is InChI=1S/C15H26N2O3/c1-10-6-4-5-7-13(10)16(3)15(20)17-9-8-12(11(17)2)14(18)19/h10-13H,4-9H2,1-3H3,(H,18,19). The quantitative estimate of drug-likeness (QED) is 0.846. The molecule has 1 saturated heterocycles. The molecule has 1 saturated carbocycles. The maximum absolute atomic E-state index is 12.6. The second kappa shape index (κ2) is 6.02. The molecule has 5 heteroatoms. The molecule has 20 heavy (non-hydrogen) atoms. The van der Waals surface area contributed by atoms with Gasteiger partial charge in [0.1, 0.15) is 0 Å². The lowest BCUT2D eigenvalue weighted by Gasteiger charge is -2.39. The maximum atomic E-state index is 12.6. The van der Waals surface area contributed by atoms with E-state index in [1.54, 1.807) is 4.90 Å². The Morgan fingerprint density at radius 2 is 1.80 bits per heavy atom. The van der Waals surface area contributed by atoms with Crippen molar-refractivity contribution in [2.24, 2.45) is 11.8 Å². The highest BCUT2D eigenvalue weighted by Gasteiger charge is 2.40. The summed E-state index contributed by atoms with van der Waals surface area (Å²) < 4.78 is 0. The van der Waals surface area contributed by atoms with Gasteiger partial charge in [0.2, 0.25) is 0 Å². The number of rotatable bonds is 2. The van der Waals surface area contributed by atoms with Gasteiger partial charge in [-0.1, -0.05) is 19.8 Å². The van der Waals surface area contributed by atoms with Crippen LogP contribution in [-0.4, -0.2) is 52.6 Å². The minimum atomic E-state index is -0.790. The van der Waals surface area contributed by atoms with E-state index in [0.717, 1.165) is 6.42 Å². The van der Waals surface area contributed by atoms with Gasteiger partial charge in [0.05, 0.1) is 5.92 Å². The summed E-state index contributed by atoms with van der Waals surface area (Å²) in [6.45, 7) is 4.62. The van der Waals surface area contributed by atoms with E-state index in [2.05, 4.69) is 6.92 Å². The topological polar surface area (TPSA) is 60.9 Å². The second-order valence-corrected chi connectivity index (χ2v) is 6.39. The molecule has 114 valence electrons. The summed E-state index contributed by atoms with van der Waals surface area (Å²) in [5.74, 6) is -0.677. The number of hydrogen-bond acceptors (Lipinski definition) is 2. The summed E-state index contributed by atoms with van der Waals surface area (Å²) in [5, 5.41) is 9.16. The molecular weight excluding hydrogens is 256 g/mol.